The number of nitrogens with zero attached hydrogens (tertiary/aromatic N) is 1. The predicted molar refractivity (Wildman–Crippen MR) is 78.5 cm³/mol. The molecular formula is C14H25N3O. The summed E-state index contributed by atoms with van der Waals surface area (Å²) in [4.78, 5) is 2.22. The Morgan fingerprint density at radius 1 is 1.39 bits per heavy atom. The Hall–Kier alpha value is -1.42. The topological polar surface area (TPSA) is 50.5 Å². The van der Waals surface area contributed by atoms with Crippen LogP contribution in [0.25, 0.3) is 0 Å². The second kappa shape index (κ2) is 7.82. The van der Waals surface area contributed by atoms with E-state index in [4.69, 9.17) is 10.5 Å². The first-order valence-corrected chi connectivity index (χ1v) is 6.57. The number of benzene rings is 1. The van der Waals surface area contributed by atoms with Crippen LogP contribution in [-0.2, 0) is 0 Å². The number of nitrogens with two attached hydrogens (primary N) is 1. The molecule has 0 aliphatic heterocycles. The van der Waals surface area contributed by atoms with Crippen LogP contribution < -0.4 is 20.7 Å². The second-order valence-electron chi connectivity index (χ2n) is 4.45. The third-order valence-corrected chi connectivity index (χ3v) is 2.82. The number of nitrogens with one attached hydrogen (secondary N) is 1. The molecule has 0 saturated carbocycles. The Balaban J connectivity index is 2.64. The van der Waals surface area contributed by atoms with Crippen molar-refractivity contribution in [3.05, 3.63) is 18.2 Å². The average molecular weight is 251 g/mol. The lowest BCUT2D eigenvalue weighted by atomic mass is 10.2. The van der Waals surface area contributed by atoms with Gasteiger partial charge in [-0.15, -0.1) is 0 Å². The van der Waals surface area contributed by atoms with Crippen molar-refractivity contribution in [2.24, 2.45) is 0 Å². The van der Waals surface area contributed by atoms with E-state index in [1.54, 1.807) is 0 Å². The largest absolute Gasteiger partial charge is 0.491 e. The standard InChI is InChI=1S/C14H25N3O/c1-4-10-18-14-11-12(6-7-13(14)15)17(3)9-5-8-16-2/h6-7,11,16H,4-5,8-10,15H2,1-3H3. The Morgan fingerprint density at radius 2 is 2.17 bits per heavy atom. The first-order valence-electron chi connectivity index (χ1n) is 6.57. The van der Waals surface area contributed by atoms with E-state index in [1.165, 1.54) is 0 Å². The van der Waals surface area contributed by atoms with Crippen LogP contribution in [-0.4, -0.2) is 33.8 Å². The van der Waals surface area contributed by atoms with E-state index in [0.29, 0.717) is 12.3 Å². The van der Waals surface area contributed by atoms with Crippen molar-refractivity contribution in [2.45, 2.75) is 19.8 Å². The molecule has 0 spiro atoms. The van der Waals surface area contributed by atoms with Crippen molar-refractivity contribution < 1.29 is 4.74 Å². The molecule has 1 aromatic carbocycles. The quantitative estimate of drug-likeness (QED) is 0.549. The third-order valence-electron chi connectivity index (χ3n) is 2.82. The normalized spacial score (nSPS) is 10.4. The van der Waals surface area contributed by atoms with Gasteiger partial charge in [-0.25, -0.2) is 0 Å². The maximum Gasteiger partial charge on any atom is 0.144 e. The fourth-order valence-corrected chi connectivity index (χ4v) is 1.72. The molecule has 0 unspecified atom stereocenters. The highest BCUT2D eigenvalue weighted by molar-refractivity contribution is 5.62. The van der Waals surface area contributed by atoms with E-state index in [-0.39, 0.29) is 0 Å². The van der Waals surface area contributed by atoms with E-state index in [0.717, 1.165) is 37.4 Å². The summed E-state index contributed by atoms with van der Waals surface area (Å²) in [6.07, 6.45) is 2.10. The SMILES string of the molecule is CCCOc1cc(N(C)CCCNC)ccc1N. The summed E-state index contributed by atoms with van der Waals surface area (Å²) >= 11 is 0. The minimum absolute atomic E-state index is 0.704. The summed E-state index contributed by atoms with van der Waals surface area (Å²) in [6.45, 7) is 4.83. The Bertz CT molecular complexity index is 355. The van der Waals surface area contributed by atoms with Gasteiger partial charge in [0.1, 0.15) is 5.75 Å². The molecule has 0 saturated heterocycles. The van der Waals surface area contributed by atoms with Gasteiger partial charge in [0, 0.05) is 25.3 Å². The molecular weight excluding hydrogens is 226 g/mol. The average Bonchev–Trinajstić information content (AvgIpc) is 2.38. The molecule has 0 heterocycles. The van der Waals surface area contributed by atoms with Crippen molar-refractivity contribution in [1.82, 2.24) is 5.32 Å². The van der Waals surface area contributed by atoms with E-state index in [1.807, 2.05) is 25.2 Å². The minimum atomic E-state index is 0.704. The van der Waals surface area contributed by atoms with Gasteiger partial charge in [0.25, 0.3) is 0 Å². The van der Waals surface area contributed by atoms with Gasteiger partial charge in [0.05, 0.1) is 12.3 Å². The molecule has 102 valence electrons. The lowest BCUT2D eigenvalue weighted by Crippen LogP contribution is -2.22. The zero-order chi connectivity index (χ0) is 13.4. The maximum absolute atomic E-state index is 5.90. The molecule has 0 atom stereocenters. The molecule has 0 aliphatic rings. The van der Waals surface area contributed by atoms with Gasteiger partial charge in [-0.1, -0.05) is 6.92 Å². The predicted octanol–water partition coefficient (Wildman–Crippen LogP) is 2.10. The van der Waals surface area contributed by atoms with Crippen molar-refractivity contribution >= 4 is 11.4 Å². The fraction of sp³-hybridized carbons (Fsp3) is 0.571. The van der Waals surface area contributed by atoms with Crippen molar-refractivity contribution in [2.75, 3.05) is 44.4 Å². The number of anilines is 2. The van der Waals surface area contributed by atoms with E-state index in [9.17, 15) is 0 Å². The second-order valence-corrected chi connectivity index (χ2v) is 4.45. The molecule has 1 aromatic rings. The van der Waals surface area contributed by atoms with Crippen LogP contribution in [0.2, 0.25) is 0 Å². The van der Waals surface area contributed by atoms with Gasteiger partial charge in [-0.05, 0) is 38.6 Å². The minimum Gasteiger partial charge on any atom is -0.491 e. The Kier molecular flexibility index (Phi) is 6.36. The Morgan fingerprint density at radius 3 is 2.83 bits per heavy atom. The Labute approximate surface area is 110 Å². The summed E-state index contributed by atoms with van der Waals surface area (Å²) in [5.74, 6) is 0.787. The summed E-state index contributed by atoms with van der Waals surface area (Å²) in [5.41, 5.74) is 7.75. The number of nitrogen functional groups attached to an aromatic ring is 1. The van der Waals surface area contributed by atoms with Crippen LogP contribution in [0.5, 0.6) is 5.75 Å². The molecule has 0 fully saturated rings. The van der Waals surface area contributed by atoms with Crippen LogP contribution in [0, 0.1) is 0 Å². The summed E-state index contributed by atoms with van der Waals surface area (Å²) < 4.78 is 5.64. The number of hydrogen-bond acceptors (Lipinski definition) is 4. The molecule has 4 heteroatoms. The van der Waals surface area contributed by atoms with E-state index in [2.05, 4.69) is 24.2 Å². The van der Waals surface area contributed by atoms with Gasteiger partial charge in [0.15, 0.2) is 0 Å². The lowest BCUT2D eigenvalue weighted by molar-refractivity contribution is 0.319. The molecule has 18 heavy (non-hydrogen) atoms. The van der Waals surface area contributed by atoms with E-state index >= 15 is 0 Å². The van der Waals surface area contributed by atoms with Crippen LogP contribution in [0.15, 0.2) is 18.2 Å². The smallest absolute Gasteiger partial charge is 0.144 e. The number of rotatable bonds is 8. The van der Waals surface area contributed by atoms with E-state index < -0.39 is 0 Å². The lowest BCUT2D eigenvalue weighted by Gasteiger charge is -2.20. The highest BCUT2D eigenvalue weighted by Crippen LogP contribution is 2.27. The maximum atomic E-state index is 5.90. The molecule has 0 aromatic heterocycles. The molecule has 4 nitrogen and oxygen atoms in total. The van der Waals surface area contributed by atoms with Gasteiger partial charge >= 0.3 is 0 Å². The highest BCUT2D eigenvalue weighted by atomic mass is 16.5. The molecule has 0 aliphatic carbocycles. The first kappa shape index (κ1) is 14.6. The van der Waals surface area contributed by atoms with Crippen LogP contribution in [0.1, 0.15) is 19.8 Å². The summed E-state index contributed by atoms with van der Waals surface area (Å²) in [6, 6.07) is 5.97. The van der Waals surface area contributed by atoms with Crippen LogP contribution in [0.3, 0.4) is 0 Å². The molecule has 0 bridgehead atoms. The van der Waals surface area contributed by atoms with Crippen LogP contribution in [0.4, 0.5) is 11.4 Å². The molecule has 0 amide bonds. The van der Waals surface area contributed by atoms with Gasteiger partial charge in [-0.2, -0.15) is 0 Å². The zero-order valence-electron chi connectivity index (χ0n) is 11.7. The van der Waals surface area contributed by atoms with Gasteiger partial charge < -0.3 is 20.7 Å². The monoisotopic (exact) mass is 251 g/mol. The third kappa shape index (κ3) is 4.45. The highest BCUT2D eigenvalue weighted by Gasteiger charge is 2.05. The number of hydrogen-bond donors (Lipinski definition) is 2. The summed E-state index contributed by atoms with van der Waals surface area (Å²) in [7, 11) is 4.06. The number of ether oxygens (including phenoxy) is 1. The van der Waals surface area contributed by atoms with Gasteiger partial charge in [0.2, 0.25) is 0 Å². The van der Waals surface area contributed by atoms with Crippen molar-refractivity contribution in [3.63, 3.8) is 0 Å². The molecule has 3 N–H and O–H groups in total. The fourth-order valence-electron chi connectivity index (χ4n) is 1.72. The van der Waals surface area contributed by atoms with Crippen LogP contribution >= 0.6 is 0 Å². The molecule has 0 radical (unpaired) electrons. The van der Waals surface area contributed by atoms with Gasteiger partial charge in [-0.3, -0.25) is 0 Å². The summed E-state index contributed by atoms with van der Waals surface area (Å²) in [5, 5.41) is 3.15. The first-order chi connectivity index (χ1) is 8.69. The zero-order valence-corrected chi connectivity index (χ0v) is 11.7. The molecule has 1 rings (SSSR count). The van der Waals surface area contributed by atoms with Crippen molar-refractivity contribution in [3.8, 4) is 5.75 Å². The van der Waals surface area contributed by atoms with Crippen molar-refractivity contribution in [1.29, 1.82) is 0 Å².